The average Bonchev–Trinajstić information content (AvgIpc) is 3.61. The molecule has 1 saturated heterocycles. The predicted octanol–water partition coefficient (Wildman–Crippen LogP) is 8.10. The Bertz CT molecular complexity index is 2350. The van der Waals surface area contributed by atoms with E-state index in [0.29, 0.717) is 17.1 Å². The Hall–Kier alpha value is -5.49. The lowest BCUT2D eigenvalue weighted by molar-refractivity contribution is -0.0957. The first-order valence-electron chi connectivity index (χ1n) is 21.7. The minimum Gasteiger partial charge on any atom is -0.497 e. The summed E-state index contributed by atoms with van der Waals surface area (Å²) in [6.45, 7) is 7.65. The fraction of sp³-hybridized carbons (Fsp3) is 0.362. The summed E-state index contributed by atoms with van der Waals surface area (Å²) in [7, 11) is -1.88. The number of nitriles is 1. The molecule has 1 aliphatic heterocycles. The van der Waals surface area contributed by atoms with Gasteiger partial charge in [-0.1, -0.05) is 72.8 Å². The molecule has 0 aliphatic carbocycles. The molecule has 6 rings (SSSR count). The number of hydrogen-bond donors (Lipinski definition) is 1. The second-order valence-electron chi connectivity index (χ2n) is 14.9. The molecule has 0 bridgehead atoms. The van der Waals surface area contributed by atoms with Crippen LogP contribution in [0.1, 0.15) is 71.5 Å². The fourth-order valence-corrected chi connectivity index (χ4v) is 9.22. The van der Waals surface area contributed by atoms with Crippen LogP contribution in [-0.2, 0) is 28.9 Å². The third-order valence-electron chi connectivity index (χ3n) is 10.3. The summed E-state index contributed by atoms with van der Waals surface area (Å²) < 4.78 is 72.2. The van der Waals surface area contributed by atoms with Crippen molar-refractivity contribution in [3.63, 3.8) is 0 Å². The molecule has 5 atom stereocenters. The van der Waals surface area contributed by atoms with Gasteiger partial charge in [-0.05, 0) is 86.8 Å². The van der Waals surface area contributed by atoms with E-state index in [1.165, 1.54) is 12.3 Å². The predicted molar refractivity (Wildman–Crippen MR) is 236 cm³/mol. The maximum atomic E-state index is 14.0. The molecule has 2 heterocycles. The molecule has 0 saturated carbocycles. The van der Waals surface area contributed by atoms with Crippen molar-refractivity contribution in [1.29, 1.82) is 5.26 Å². The monoisotopic (exact) mass is 866 g/mol. The molecule has 0 spiro atoms. The number of hydrogen-bond acceptors (Lipinski definition) is 12. The number of amides is 1. The van der Waals surface area contributed by atoms with Crippen molar-refractivity contribution in [3.05, 3.63) is 154 Å². The molecule has 1 unspecified atom stereocenters. The molecule has 4 aromatic carbocycles. The van der Waals surface area contributed by atoms with E-state index in [2.05, 4.69) is 16.4 Å². The van der Waals surface area contributed by atoms with Gasteiger partial charge in [-0.2, -0.15) is 10.2 Å². The Labute approximate surface area is 368 Å². The number of benzene rings is 4. The van der Waals surface area contributed by atoms with Crippen LogP contribution >= 0.6 is 8.53 Å². The van der Waals surface area contributed by atoms with Gasteiger partial charge in [0.1, 0.15) is 41.2 Å². The van der Waals surface area contributed by atoms with Crippen molar-refractivity contribution in [3.8, 4) is 17.6 Å². The zero-order chi connectivity index (χ0) is 46.7. The van der Waals surface area contributed by atoms with Crippen LogP contribution in [0.25, 0.3) is 0 Å². The highest BCUT2D eigenvalue weighted by atomic mass is 31.2. The van der Waals surface area contributed by atoms with E-state index in [-0.39, 0.29) is 37.5 Å². The Balaban J connectivity index is 1.49. The van der Waals surface area contributed by atoms with Gasteiger partial charge in [0.25, 0.3) is 14.4 Å². The van der Waals surface area contributed by atoms with Crippen LogP contribution in [-0.4, -0.2) is 85.0 Å². The van der Waals surface area contributed by atoms with Gasteiger partial charge in [0.05, 0.1) is 44.0 Å². The molecular weight excluding hydrogens is 810 g/mol. The molecule has 5 aromatic rings. The van der Waals surface area contributed by atoms with E-state index in [1.807, 2.05) is 111 Å². The maximum absolute atomic E-state index is 14.0. The van der Waals surface area contributed by atoms with Crippen LogP contribution in [0.2, 0.25) is 0 Å². The van der Waals surface area contributed by atoms with Gasteiger partial charge in [0.2, 0.25) is 0 Å². The lowest BCUT2D eigenvalue weighted by Gasteiger charge is -2.39. The van der Waals surface area contributed by atoms with E-state index >= 15 is 0 Å². The first-order chi connectivity index (χ1) is 31.2. The number of carbonyl (C=O) groups excluding carboxylic acids is 1. The lowest BCUT2D eigenvalue weighted by atomic mass is 9.80. The summed E-state index contributed by atoms with van der Waals surface area (Å²) in [5.74, 6) is 0.728. The third kappa shape index (κ3) is 10.4. The first kappa shape index (κ1) is 41.8. The average molecular weight is 867 g/mol. The molecule has 1 N–H and O–H groups in total. The zero-order valence-corrected chi connectivity index (χ0v) is 36.4. The number of nitrogens with zero attached hydrogens (tertiary/aromatic N) is 4. The van der Waals surface area contributed by atoms with Crippen molar-refractivity contribution >= 4 is 20.3 Å². The number of carbonyl (C=O) groups is 1. The Morgan fingerprint density at radius 2 is 1.47 bits per heavy atom. The Kier molecular flexibility index (Phi) is 14.5. The minimum atomic E-state index is -3.01. The number of anilines is 1. The van der Waals surface area contributed by atoms with Crippen molar-refractivity contribution in [2.75, 3.05) is 39.8 Å². The lowest BCUT2D eigenvalue weighted by Crippen LogP contribution is -2.43. The molecular formula is C47H54N5O9P. The van der Waals surface area contributed by atoms with Gasteiger partial charge in [0.15, 0.2) is 6.23 Å². The minimum absolute atomic E-state index is 0.0205. The van der Waals surface area contributed by atoms with Crippen molar-refractivity contribution in [1.82, 2.24) is 14.2 Å². The van der Waals surface area contributed by atoms with Crippen molar-refractivity contribution in [2.45, 2.75) is 76.3 Å². The van der Waals surface area contributed by atoms with Crippen LogP contribution in [0.5, 0.6) is 11.5 Å². The number of aromatic nitrogens is 2. The summed E-state index contributed by atoms with van der Waals surface area (Å²) in [6, 6.07) is 36.2. The summed E-state index contributed by atoms with van der Waals surface area (Å²) in [4.78, 5) is 31.1. The van der Waals surface area contributed by atoms with Gasteiger partial charge < -0.3 is 38.0 Å². The Morgan fingerprint density at radius 1 is 0.887 bits per heavy atom. The van der Waals surface area contributed by atoms with Crippen LogP contribution < -0.4 is 20.5 Å². The van der Waals surface area contributed by atoms with Gasteiger partial charge >= 0.3 is 5.69 Å². The number of methoxy groups -OCH3 is 3. The van der Waals surface area contributed by atoms with E-state index in [0.717, 1.165) is 21.3 Å². The molecule has 1 amide bonds. The van der Waals surface area contributed by atoms with Crippen LogP contribution in [0.4, 0.5) is 5.82 Å². The number of rotatable bonds is 20. The second-order valence-corrected chi connectivity index (χ2v) is 16.3. The highest BCUT2D eigenvalue weighted by Crippen LogP contribution is 2.51. The van der Waals surface area contributed by atoms with Gasteiger partial charge in [-0.25, -0.2) is 9.46 Å². The summed E-state index contributed by atoms with van der Waals surface area (Å²) >= 11 is 0. The number of ether oxygens (including phenoxy) is 5. The normalized spacial score (nSPS) is 19.1. The first-order valence-corrected chi connectivity index (χ1v) is 21.3. The van der Waals surface area contributed by atoms with E-state index in [9.17, 15) is 14.9 Å². The summed E-state index contributed by atoms with van der Waals surface area (Å²) in [5.41, 5.74) is 0.344. The van der Waals surface area contributed by atoms with Crippen LogP contribution in [0, 0.1) is 11.3 Å². The summed E-state index contributed by atoms with van der Waals surface area (Å²) in [6.07, 6.45) is -3.92. The van der Waals surface area contributed by atoms with E-state index < -0.39 is 57.3 Å². The van der Waals surface area contributed by atoms with Gasteiger partial charge in [-0.3, -0.25) is 9.36 Å². The molecule has 1 aliphatic rings. The molecule has 1 aromatic heterocycles. The molecule has 1 fully saturated rings. The SMILES string of the molecule is [2H]C([2H])([2H])O[C@@H]1[C@H](OP(OCCC#N)N(C(C)C)C(C)C)[C@@H](COC(c2ccccc2)(c2ccc(OC)cc2)c2ccc(OC)cc2)O[C@H]1n1ccc(NC(=O)c2ccccc2)nc1=O. The van der Waals surface area contributed by atoms with Crippen LogP contribution in [0.3, 0.4) is 0 Å². The van der Waals surface area contributed by atoms with Crippen molar-refractivity contribution in [2.24, 2.45) is 0 Å². The topological polar surface area (TPSA) is 156 Å². The maximum Gasteiger partial charge on any atom is 0.351 e. The zero-order valence-electron chi connectivity index (χ0n) is 38.5. The molecule has 62 heavy (non-hydrogen) atoms. The highest BCUT2D eigenvalue weighted by molar-refractivity contribution is 7.44. The largest absolute Gasteiger partial charge is 0.497 e. The van der Waals surface area contributed by atoms with Crippen molar-refractivity contribution < 1.29 is 41.6 Å². The molecule has 326 valence electrons. The molecule has 15 heteroatoms. The fourth-order valence-electron chi connectivity index (χ4n) is 7.45. The Morgan fingerprint density at radius 3 is 2.00 bits per heavy atom. The van der Waals surface area contributed by atoms with Gasteiger partial charge in [-0.15, -0.1) is 0 Å². The standard InChI is InChI=1S/C47H54N5O9P/c1-32(2)52(33(3)4)62(59-30-14-28-48)61-42-40(60-45(43(42)57-7)51-29-27-41(50-46(51)54)49-44(53)34-15-10-8-11-16-34)31-58-47(35-17-12-9-13-18-35,36-19-23-38(55-5)24-20-36)37-21-25-39(56-6)26-22-37/h8-13,15-27,29,32-33,40,42-43,45H,14,30-31H2,1-7H3,(H,49,50,53,54)/t40-,42-,43-,45-,62?/m1/s1/i7D3. The number of nitrogens with one attached hydrogen (secondary N) is 1. The quantitative estimate of drug-likeness (QED) is 0.0457. The van der Waals surface area contributed by atoms with Gasteiger partial charge in [0, 0.05) is 30.9 Å². The smallest absolute Gasteiger partial charge is 0.351 e. The van der Waals surface area contributed by atoms with Crippen LogP contribution in [0.15, 0.2) is 126 Å². The summed E-state index contributed by atoms with van der Waals surface area (Å²) in [5, 5.41) is 12.1. The van der Waals surface area contributed by atoms with E-state index in [1.54, 1.807) is 44.6 Å². The highest BCUT2D eigenvalue weighted by Gasteiger charge is 2.51. The third-order valence-corrected chi connectivity index (χ3v) is 12.4. The molecule has 0 radical (unpaired) electrons. The second kappa shape index (κ2) is 21.5. The van der Waals surface area contributed by atoms with E-state index in [4.69, 9.17) is 36.8 Å². The molecule has 14 nitrogen and oxygen atoms in total.